The maximum atomic E-state index is 10.7. The van der Waals surface area contributed by atoms with Gasteiger partial charge in [-0.2, -0.15) is 8.42 Å². The van der Waals surface area contributed by atoms with Crippen LogP contribution in [0.2, 0.25) is 0 Å². The van der Waals surface area contributed by atoms with Gasteiger partial charge in [-0.15, -0.1) is 0 Å². The Morgan fingerprint density at radius 1 is 1.35 bits per heavy atom. The van der Waals surface area contributed by atoms with Crippen LogP contribution in [0, 0.1) is 0 Å². The van der Waals surface area contributed by atoms with Crippen LogP contribution in [0.4, 0.5) is 0 Å². The minimum Gasteiger partial charge on any atom is -0.493 e. The van der Waals surface area contributed by atoms with Gasteiger partial charge in [-0.25, -0.2) is 0 Å². The number of carbonyl (C=O) groups excluding carboxylic acids is 1. The lowest BCUT2D eigenvalue weighted by atomic mass is 10.2. The molecule has 1 aromatic carbocycles. The van der Waals surface area contributed by atoms with Gasteiger partial charge in [0.1, 0.15) is 0 Å². The zero-order valence-corrected chi connectivity index (χ0v) is 10.3. The molecule has 94 valence electrons. The predicted octanol–water partition coefficient (Wildman–Crippen LogP) is 0.236. The standard InChI is InChI=1S/C10H13NO5S/c1-7(12)11-6-8-3-4-9(15-2)10(5-8)16-17(13)14/h3-5,17H,6H2,1-2H3,(H,11,12). The second-order valence-corrected chi connectivity index (χ2v) is 3.84. The number of methoxy groups -OCH3 is 1. The number of carbonyl (C=O) groups is 1. The van der Waals surface area contributed by atoms with Crippen LogP contribution in [-0.2, 0) is 22.3 Å². The Morgan fingerprint density at radius 2 is 2.06 bits per heavy atom. The van der Waals surface area contributed by atoms with Gasteiger partial charge in [0, 0.05) is 13.5 Å². The van der Waals surface area contributed by atoms with Crippen molar-refractivity contribution in [3.8, 4) is 11.5 Å². The Balaban J connectivity index is 2.91. The maximum absolute atomic E-state index is 10.7. The fraction of sp³-hybridized carbons (Fsp3) is 0.300. The Labute approximate surface area is 101 Å². The van der Waals surface area contributed by atoms with Crippen LogP contribution in [-0.4, -0.2) is 21.4 Å². The second kappa shape index (κ2) is 6.09. The minimum atomic E-state index is -3.00. The van der Waals surface area contributed by atoms with Crippen molar-refractivity contribution in [1.82, 2.24) is 5.32 Å². The summed E-state index contributed by atoms with van der Waals surface area (Å²) in [5, 5.41) is 2.59. The molecule has 0 unspecified atom stereocenters. The molecule has 0 heterocycles. The highest BCUT2D eigenvalue weighted by atomic mass is 32.2. The van der Waals surface area contributed by atoms with E-state index in [0.29, 0.717) is 17.9 Å². The summed E-state index contributed by atoms with van der Waals surface area (Å²) in [6, 6.07) is 4.78. The SMILES string of the molecule is COc1ccc(CNC(C)=O)cc1O[SH](=O)=O. The molecular weight excluding hydrogens is 246 g/mol. The van der Waals surface area contributed by atoms with Crippen molar-refractivity contribution in [2.24, 2.45) is 0 Å². The second-order valence-electron chi connectivity index (χ2n) is 3.21. The number of hydrogen-bond acceptors (Lipinski definition) is 5. The first kappa shape index (κ1) is 13.3. The van der Waals surface area contributed by atoms with Crippen molar-refractivity contribution in [2.45, 2.75) is 13.5 Å². The molecule has 0 atom stereocenters. The summed E-state index contributed by atoms with van der Waals surface area (Å²) in [5.41, 5.74) is 0.716. The highest BCUT2D eigenvalue weighted by Gasteiger charge is 2.07. The highest BCUT2D eigenvalue weighted by Crippen LogP contribution is 2.28. The molecule has 0 saturated carbocycles. The number of rotatable bonds is 5. The van der Waals surface area contributed by atoms with Crippen molar-refractivity contribution in [2.75, 3.05) is 7.11 Å². The van der Waals surface area contributed by atoms with Crippen molar-refractivity contribution < 1.29 is 22.1 Å². The van der Waals surface area contributed by atoms with Crippen LogP contribution in [0.15, 0.2) is 18.2 Å². The topological polar surface area (TPSA) is 81.7 Å². The quantitative estimate of drug-likeness (QED) is 0.740. The molecule has 1 rings (SSSR count). The zero-order valence-electron chi connectivity index (χ0n) is 9.43. The molecule has 0 bridgehead atoms. The maximum Gasteiger partial charge on any atom is 0.299 e. The van der Waals surface area contributed by atoms with Gasteiger partial charge in [0.25, 0.3) is 11.0 Å². The first-order valence-corrected chi connectivity index (χ1v) is 5.86. The average molecular weight is 259 g/mol. The van der Waals surface area contributed by atoms with Crippen LogP contribution >= 0.6 is 0 Å². The first-order chi connectivity index (χ1) is 8.02. The third kappa shape index (κ3) is 4.31. The van der Waals surface area contributed by atoms with E-state index >= 15 is 0 Å². The monoisotopic (exact) mass is 259 g/mol. The number of ether oxygens (including phenoxy) is 1. The van der Waals surface area contributed by atoms with Crippen LogP contribution in [0.1, 0.15) is 12.5 Å². The van der Waals surface area contributed by atoms with Crippen molar-refractivity contribution >= 4 is 16.9 Å². The third-order valence-electron chi connectivity index (χ3n) is 1.94. The fourth-order valence-corrected chi connectivity index (χ4v) is 1.51. The lowest BCUT2D eigenvalue weighted by molar-refractivity contribution is -0.119. The first-order valence-electron chi connectivity index (χ1n) is 4.76. The molecule has 17 heavy (non-hydrogen) atoms. The molecule has 0 aromatic heterocycles. The summed E-state index contributed by atoms with van der Waals surface area (Å²) in [6.45, 7) is 1.70. The van der Waals surface area contributed by atoms with Gasteiger partial charge in [0.15, 0.2) is 11.5 Å². The van der Waals surface area contributed by atoms with Crippen LogP contribution < -0.4 is 14.2 Å². The summed E-state index contributed by atoms with van der Waals surface area (Å²) in [5.74, 6) is 0.250. The van der Waals surface area contributed by atoms with E-state index in [0.717, 1.165) is 0 Å². The van der Waals surface area contributed by atoms with E-state index in [1.807, 2.05) is 0 Å². The van der Waals surface area contributed by atoms with E-state index < -0.39 is 11.0 Å². The molecule has 1 N–H and O–H groups in total. The Hall–Kier alpha value is -1.76. The van der Waals surface area contributed by atoms with Crippen LogP contribution in [0.5, 0.6) is 11.5 Å². The third-order valence-corrected chi connectivity index (χ3v) is 2.29. The van der Waals surface area contributed by atoms with Gasteiger partial charge in [-0.05, 0) is 17.7 Å². The Bertz CT molecular complexity index is 476. The lowest BCUT2D eigenvalue weighted by Crippen LogP contribution is -2.18. The van der Waals surface area contributed by atoms with E-state index in [-0.39, 0.29) is 11.7 Å². The van der Waals surface area contributed by atoms with Crippen LogP contribution in [0.25, 0.3) is 0 Å². The van der Waals surface area contributed by atoms with Gasteiger partial charge >= 0.3 is 0 Å². The normalized spacial score (nSPS) is 10.1. The number of thiol groups is 1. The summed E-state index contributed by atoms with van der Waals surface area (Å²) in [6.07, 6.45) is 0. The largest absolute Gasteiger partial charge is 0.493 e. The molecule has 0 spiro atoms. The van der Waals surface area contributed by atoms with E-state index in [2.05, 4.69) is 9.50 Å². The van der Waals surface area contributed by atoms with E-state index in [1.54, 1.807) is 12.1 Å². The number of nitrogens with one attached hydrogen (secondary N) is 1. The highest BCUT2D eigenvalue weighted by molar-refractivity contribution is 7.67. The number of amides is 1. The van der Waals surface area contributed by atoms with Gasteiger partial charge in [-0.3, -0.25) is 4.79 Å². The summed E-state index contributed by atoms with van der Waals surface area (Å²) in [7, 11) is -1.59. The molecule has 1 amide bonds. The molecule has 0 radical (unpaired) electrons. The molecule has 0 saturated heterocycles. The Morgan fingerprint density at radius 3 is 2.59 bits per heavy atom. The molecule has 6 nitrogen and oxygen atoms in total. The average Bonchev–Trinajstić information content (AvgIpc) is 2.25. The molecule has 0 aliphatic carbocycles. The van der Waals surface area contributed by atoms with Crippen LogP contribution in [0.3, 0.4) is 0 Å². The summed E-state index contributed by atoms with van der Waals surface area (Å²) >= 11 is 0. The summed E-state index contributed by atoms with van der Waals surface area (Å²) < 4.78 is 30.6. The van der Waals surface area contributed by atoms with Crippen molar-refractivity contribution in [1.29, 1.82) is 0 Å². The number of hydrogen-bond donors (Lipinski definition) is 2. The fourth-order valence-electron chi connectivity index (χ4n) is 1.21. The molecule has 1 aromatic rings. The van der Waals surface area contributed by atoms with Crippen molar-refractivity contribution in [3.63, 3.8) is 0 Å². The van der Waals surface area contributed by atoms with Gasteiger partial charge in [-0.1, -0.05) is 6.07 Å². The molecule has 0 fully saturated rings. The minimum absolute atomic E-state index is 0.103. The molecular formula is C10H13NO5S. The van der Waals surface area contributed by atoms with Gasteiger partial charge in [0.2, 0.25) is 5.91 Å². The smallest absolute Gasteiger partial charge is 0.299 e. The number of benzene rings is 1. The van der Waals surface area contributed by atoms with E-state index in [4.69, 9.17) is 4.74 Å². The van der Waals surface area contributed by atoms with E-state index in [1.165, 1.54) is 20.1 Å². The molecule has 0 aliphatic rings. The summed E-state index contributed by atoms with van der Waals surface area (Å²) in [4.78, 5) is 10.7. The molecule has 0 aliphatic heterocycles. The predicted molar refractivity (Wildman–Crippen MR) is 61.5 cm³/mol. The molecule has 7 heteroatoms. The van der Waals surface area contributed by atoms with Gasteiger partial charge in [0.05, 0.1) is 7.11 Å². The van der Waals surface area contributed by atoms with E-state index in [9.17, 15) is 13.2 Å². The zero-order chi connectivity index (χ0) is 12.8. The van der Waals surface area contributed by atoms with Gasteiger partial charge < -0.3 is 14.2 Å². The van der Waals surface area contributed by atoms with Crippen molar-refractivity contribution in [3.05, 3.63) is 23.8 Å². The lowest BCUT2D eigenvalue weighted by Gasteiger charge is -2.08. The Kier molecular flexibility index (Phi) is 4.77.